The zero-order valence-corrected chi connectivity index (χ0v) is 31.6. The number of alkyl halides is 6. The SMILES string of the molecule is NC(CC(=O)N1CCn2c(nnc2C(F)(F)F)C1)Cc1cc(F)c(F)cc1F.NC(CC(=O)N1CCn2c(nnc2C(F)(F)F)C1)Cc1cc(F)c(F)cc1F.O=[P+]([O-])OO.[HH]. The molecule has 0 spiro atoms. The maximum Gasteiger partial charge on any atom is 0.521 e. The quantitative estimate of drug-likeness (QED) is 0.0718. The van der Waals surface area contributed by atoms with Crippen LogP contribution in [0.1, 0.15) is 48.7 Å². The van der Waals surface area contributed by atoms with Crippen molar-refractivity contribution >= 4 is 20.1 Å². The Kier molecular flexibility index (Phi) is 15.9. The van der Waals surface area contributed by atoms with Crippen LogP contribution in [-0.2, 0) is 70.2 Å². The fourth-order valence-electron chi connectivity index (χ4n) is 6.02. The van der Waals surface area contributed by atoms with Gasteiger partial charge in [-0.25, -0.2) is 31.6 Å². The molecule has 0 radical (unpaired) electrons. The largest absolute Gasteiger partial charge is 0.565 e. The first-order valence-corrected chi connectivity index (χ1v) is 18.3. The van der Waals surface area contributed by atoms with Crippen molar-refractivity contribution in [2.75, 3.05) is 13.1 Å². The Hall–Kier alpha value is -5.28. The van der Waals surface area contributed by atoms with E-state index in [-0.39, 0.29) is 89.2 Å². The summed E-state index contributed by atoms with van der Waals surface area (Å²) in [5, 5.41) is 20.2. The van der Waals surface area contributed by atoms with E-state index in [0.717, 1.165) is 9.13 Å². The number of nitrogens with zero attached hydrogens (tertiary/aromatic N) is 8. The molecule has 0 saturated carbocycles. The predicted octanol–water partition coefficient (Wildman–Crippen LogP) is 3.77. The molecule has 336 valence electrons. The molecule has 29 heteroatoms. The van der Waals surface area contributed by atoms with Crippen LogP contribution in [0.2, 0.25) is 0 Å². The van der Waals surface area contributed by atoms with E-state index in [2.05, 4.69) is 25.1 Å². The molecule has 4 heterocycles. The molecule has 0 saturated heterocycles. The Labute approximate surface area is 337 Å². The van der Waals surface area contributed by atoms with Gasteiger partial charge in [0.15, 0.2) is 34.9 Å². The molecule has 4 aromatic rings. The van der Waals surface area contributed by atoms with Gasteiger partial charge >= 0.3 is 20.6 Å². The van der Waals surface area contributed by atoms with Gasteiger partial charge in [0.1, 0.15) is 11.6 Å². The molecule has 2 amide bonds. The number of hydrogen-bond acceptors (Lipinski definition) is 12. The third-order valence-electron chi connectivity index (χ3n) is 8.80. The van der Waals surface area contributed by atoms with Gasteiger partial charge in [0, 0.05) is 69.3 Å². The number of hydrogen-bond donors (Lipinski definition) is 3. The van der Waals surface area contributed by atoms with E-state index < -0.39 is 91.1 Å². The molecular weight excluding hydrogens is 879 g/mol. The Morgan fingerprint density at radius 3 is 1.31 bits per heavy atom. The number of rotatable bonds is 9. The zero-order chi connectivity index (χ0) is 45.6. The van der Waals surface area contributed by atoms with Crippen molar-refractivity contribution in [2.45, 2.75) is 76.3 Å². The second-order valence-corrected chi connectivity index (χ2v) is 13.8. The van der Waals surface area contributed by atoms with Gasteiger partial charge in [-0.15, -0.1) is 20.4 Å². The minimum absolute atomic E-state index is 0. The summed E-state index contributed by atoms with van der Waals surface area (Å²) in [7, 11) is -3.04. The van der Waals surface area contributed by atoms with Crippen LogP contribution in [0.5, 0.6) is 0 Å². The van der Waals surface area contributed by atoms with Crippen LogP contribution in [0.3, 0.4) is 0 Å². The van der Waals surface area contributed by atoms with Crippen molar-refractivity contribution in [3.05, 3.63) is 93.6 Å². The summed E-state index contributed by atoms with van der Waals surface area (Å²) in [6, 6.07) is 0.368. The number of fused-ring (bicyclic) bond motifs is 2. The highest BCUT2D eigenvalue weighted by molar-refractivity contribution is 7.30. The minimum Gasteiger partial charge on any atom is -0.565 e. The summed E-state index contributed by atoms with van der Waals surface area (Å²) in [6.45, 7) is -0.604. The van der Waals surface area contributed by atoms with Gasteiger partial charge in [-0.2, -0.15) is 26.3 Å². The average Bonchev–Trinajstić information content (AvgIpc) is 3.81. The third-order valence-corrected chi connectivity index (χ3v) is 8.94. The van der Waals surface area contributed by atoms with E-state index in [1.165, 1.54) is 9.80 Å². The third kappa shape index (κ3) is 12.9. The van der Waals surface area contributed by atoms with Crippen LogP contribution < -0.4 is 16.4 Å². The van der Waals surface area contributed by atoms with Gasteiger partial charge in [0.05, 0.1) is 13.1 Å². The summed E-state index contributed by atoms with van der Waals surface area (Å²) < 4.78 is 170. The molecule has 0 bridgehead atoms. The minimum atomic E-state index is -4.64. The van der Waals surface area contributed by atoms with Crippen molar-refractivity contribution in [3.8, 4) is 0 Å². The lowest BCUT2D eigenvalue weighted by Gasteiger charge is -2.29. The summed E-state index contributed by atoms with van der Waals surface area (Å²) in [5.41, 5.74) is 11.3. The number of carbonyl (C=O) groups excluding carboxylic acids is 2. The van der Waals surface area contributed by atoms with Crippen LogP contribution in [0.25, 0.3) is 0 Å². The molecule has 61 heavy (non-hydrogen) atoms. The standard InChI is InChI=1S/2C16H15F6N5O.HO4P.H2/c2*17-10-6-12(19)11(18)4-8(10)3-9(23)5-14(28)26-1-2-27-13(7-26)24-25-15(27)16(20,21)22;1-4-5(2)3;/h2*4,6,9H,1-3,5,7,23H2;1H;1H. The first-order chi connectivity index (χ1) is 28.4. The summed E-state index contributed by atoms with van der Waals surface area (Å²) >= 11 is 0. The van der Waals surface area contributed by atoms with Gasteiger partial charge in [0.25, 0.3) is 0 Å². The van der Waals surface area contributed by atoms with Crippen LogP contribution in [-0.4, -0.2) is 81.6 Å². The summed E-state index contributed by atoms with van der Waals surface area (Å²) in [4.78, 5) is 36.2. The highest BCUT2D eigenvalue weighted by Gasteiger charge is 2.41. The number of nitrogens with two attached hydrogens (primary N) is 2. The monoisotopic (exact) mass is 912 g/mol. The lowest BCUT2D eigenvalue weighted by molar-refractivity contribution is -0.244. The smallest absolute Gasteiger partial charge is 0.521 e. The molecule has 2 aliphatic rings. The number of amides is 2. The molecule has 0 aliphatic carbocycles. The number of benzene rings is 2. The highest BCUT2D eigenvalue weighted by Crippen LogP contribution is 2.31. The van der Waals surface area contributed by atoms with E-state index in [9.17, 15) is 62.3 Å². The average molecular weight is 913 g/mol. The van der Waals surface area contributed by atoms with Crippen molar-refractivity contribution < 1.29 is 83.1 Å². The number of halogens is 12. The predicted molar refractivity (Wildman–Crippen MR) is 180 cm³/mol. The van der Waals surface area contributed by atoms with E-state index >= 15 is 0 Å². The van der Waals surface area contributed by atoms with Crippen LogP contribution in [0.4, 0.5) is 52.7 Å². The first-order valence-electron chi connectivity index (χ1n) is 17.2. The lowest BCUT2D eigenvalue weighted by atomic mass is 10.0. The van der Waals surface area contributed by atoms with Crippen molar-refractivity contribution in [2.24, 2.45) is 11.5 Å². The van der Waals surface area contributed by atoms with Crippen LogP contribution in [0.15, 0.2) is 24.3 Å². The van der Waals surface area contributed by atoms with Gasteiger partial charge < -0.3 is 35.3 Å². The number of carbonyl (C=O) groups is 2. The van der Waals surface area contributed by atoms with E-state index in [0.29, 0.717) is 24.3 Å². The van der Waals surface area contributed by atoms with Gasteiger partial charge in [-0.1, -0.05) is 0 Å². The maximum absolute atomic E-state index is 13.7. The lowest BCUT2D eigenvalue weighted by Crippen LogP contribution is -2.42. The van der Waals surface area contributed by atoms with E-state index in [1.54, 1.807) is 0 Å². The van der Waals surface area contributed by atoms with Crippen LogP contribution >= 0.6 is 8.25 Å². The molecule has 2 aromatic heterocycles. The Morgan fingerprint density at radius 1 is 0.672 bits per heavy atom. The van der Waals surface area contributed by atoms with Crippen molar-refractivity contribution in [3.63, 3.8) is 0 Å². The molecular formula is C32H33F12N10O6P. The summed E-state index contributed by atoms with van der Waals surface area (Å²) in [5.74, 6) is -10.3. The van der Waals surface area contributed by atoms with Crippen LogP contribution in [0, 0.1) is 34.9 Å². The van der Waals surface area contributed by atoms with Crippen molar-refractivity contribution in [1.82, 2.24) is 39.3 Å². The normalized spacial score (nSPS) is 15.1. The Balaban J connectivity index is 0.000000294. The molecule has 3 unspecified atom stereocenters. The first kappa shape index (κ1) is 48.4. The molecule has 6 rings (SSSR count). The highest BCUT2D eigenvalue weighted by atomic mass is 31.1. The molecule has 16 nitrogen and oxygen atoms in total. The van der Waals surface area contributed by atoms with E-state index in [4.69, 9.17) is 26.2 Å². The van der Waals surface area contributed by atoms with Gasteiger partial charge in [-0.05, 0) is 40.7 Å². The van der Waals surface area contributed by atoms with E-state index in [1.807, 2.05) is 0 Å². The second kappa shape index (κ2) is 20.1. The maximum atomic E-state index is 13.7. The Morgan fingerprint density at radius 2 is 1.00 bits per heavy atom. The molecule has 0 fully saturated rings. The van der Waals surface area contributed by atoms with Gasteiger partial charge in [-0.3, -0.25) is 9.59 Å². The second-order valence-electron chi connectivity index (χ2n) is 13.2. The molecule has 5 N–H and O–H groups in total. The fourth-order valence-corrected chi connectivity index (χ4v) is 6.02. The van der Waals surface area contributed by atoms with Crippen molar-refractivity contribution in [1.29, 1.82) is 0 Å². The fraction of sp³-hybridized carbons (Fsp3) is 0.438. The molecule has 2 aromatic carbocycles. The molecule has 2 aliphatic heterocycles. The summed E-state index contributed by atoms with van der Waals surface area (Å²) in [6.07, 6.45) is -10.2. The zero-order valence-electron chi connectivity index (χ0n) is 30.7. The Bertz CT molecular complexity index is 2090. The number of aromatic nitrogens is 6. The topological polar surface area (TPSA) is 224 Å². The van der Waals surface area contributed by atoms with Gasteiger partial charge in [0.2, 0.25) is 23.5 Å². The molecule has 3 atom stereocenters.